The van der Waals surface area contributed by atoms with Crippen LogP contribution >= 0.6 is 11.6 Å². The number of urea groups is 1. The van der Waals surface area contributed by atoms with Crippen molar-refractivity contribution in [2.24, 2.45) is 0 Å². The van der Waals surface area contributed by atoms with Crippen LogP contribution < -0.4 is 10.1 Å². The van der Waals surface area contributed by atoms with Crippen LogP contribution in [0.2, 0.25) is 5.02 Å². The number of hydrogen-bond acceptors (Lipinski definition) is 3. The molecule has 1 saturated heterocycles. The van der Waals surface area contributed by atoms with Gasteiger partial charge < -0.3 is 19.9 Å². The number of para-hydroxylation sites is 1. The van der Waals surface area contributed by atoms with E-state index in [4.69, 9.17) is 16.3 Å². The SMILES string of the molecule is CCOc1ccccc1/C=C/C(=O)N1CCN(C(=O)Nc2ccc(C)c(Cl)c2)CC1. The number of carbonyl (C=O) groups is 2. The molecule has 0 aromatic heterocycles. The number of ether oxygens (including phenoxy) is 1. The molecular weight excluding hydrogens is 402 g/mol. The van der Waals surface area contributed by atoms with Crippen molar-refractivity contribution in [2.45, 2.75) is 13.8 Å². The summed E-state index contributed by atoms with van der Waals surface area (Å²) in [6.45, 7) is 6.32. The van der Waals surface area contributed by atoms with Crippen LogP contribution in [0.4, 0.5) is 10.5 Å². The Labute approximate surface area is 182 Å². The van der Waals surface area contributed by atoms with Crippen molar-refractivity contribution in [1.29, 1.82) is 0 Å². The zero-order chi connectivity index (χ0) is 21.5. The molecule has 0 aliphatic carbocycles. The topological polar surface area (TPSA) is 61.9 Å². The first-order valence-corrected chi connectivity index (χ1v) is 10.4. The summed E-state index contributed by atoms with van der Waals surface area (Å²) in [5.41, 5.74) is 2.48. The van der Waals surface area contributed by atoms with Gasteiger partial charge in [-0.1, -0.05) is 35.9 Å². The highest BCUT2D eigenvalue weighted by Gasteiger charge is 2.23. The van der Waals surface area contributed by atoms with E-state index in [1.165, 1.54) is 0 Å². The van der Waals surface area contributed by atoms with E-state index in [2.05, 4.69) is 5.32 Å². The van der Waals surface area contributed by atoms with Crippen LogP contribution in [0.3, 0.4) is 0 Å². The van der Waals surface area contributed by atoms with Crippen molar-refractivity contribution in [3.63, 3.8) is 0 Å². The lowest BCUT2D eigenvalue weighted by atomic mass is 10.2. The summed E-state index contributed by atoms with van der Waals surface area (Å²) < 4.78 is 5.58. The molecule has 2 aromatic carbocycles. The second-order valence-corrected chi connectivity index (χ2v) is 7.42. The van der Waals surface area contributed by atoms with Gasteiger partial charge in [0.1, 0.15) is 5.75 Å². The maximum Gasteiger partial charge on any atom is 0.321 e. The molecule has 0 unspecified atom stereocenters. The van der Waals surface area contributed by atoms with Gasteiger partial charge in [0, 0.05) is 48.5 Å². The molecule has 0 bridgehead atoms. The van der Waals surface area contributed by atoms with Gasteiger partial charge in [-0.25, -0.2) is 4.79 Å². The van der Waals surface area contributed by atoms with Gasteiger partial charge in [-0.15, -0.1) is 0 Å². The van der Waals surface area contributed by atoms with Gasteiger partial charge in [-0.05, 0) is 43.7 Å². The number of nitrogens with one attached hydrogen (secondary N) is 1. The number of hydrogen-bond donors (Lipinski definition) is 1. The third kappa shape index (κ3) is 5.54. The quantitative estimate of drug-likeness (QED) is 0.717. The molecule has 7 heteroatoms. The van der Waals surface area contributed by atoms with Crippen molar-refractivity contribution in [2.75, 3.05) is 38.1 Å². The van der Waals surface area contributed by atoms with Crippen LogP contribution in [0.25, 0.3) is 6.08 Å². The van der Waals surface area contributed by atoms with Crippen LogP contribution in [-0.2, 0) is 4.79 Å². The lowest BCUT2D eigenvalue weighted by Gasteiger charge is -2.34. The smallest absolute Gasteiger partial charge is 0.321 e. The lowest BCUT2D eigenvalue weighted by Crippen LogP contribution is -2.51. The number of carbonyl (C=O) groups excluding carboxylic acids is 2. The van der Waals surface area contributed by atoms with Gasteiger partial charge in [-0.3, -0.25) is 4.79 Å². The molecule has 2 aromatic rings. The van der Waals surface area contributed by atoms with E-state index in [0.717, 1.165) is 16.9 Å². The van der Waals surface area contributed by atoms with Crippen molar-refractivity contribution in [1.82, 2.24) is 9.80 Å². The molecule has 1 aliphatic rings. The van der Waals surface area contributed by atoms with Gasteiger partial charge in [0.2, 0.25) is 5.91 Å². The Hall–Kier alpha value is -2.99. The highest BCUT2D eigenvalue weighted by atomic mass is 35.5. The number of piperazine rings is 1. The first-order valence-electron chi connectivity index (χ1n) is 9.99. The minimum atomic E-state index is -0.191. The van der Waals surface area contributed by atoms with E-state index in [-0.39, 0.29) is 11.9 Å². The molecule has 30 heavy (non-hydrogen) atoms. The Balaban J connectivity index is 1.52. The molecule has 6 nitrogen and oxygen atoms in total. The van der Waals surface area contributed by atoms with Crippen LogP contribution in [0.15, 0.2) is 48.5 Å². The molecule has 158 valence electrons. The monoisotopic (exact) mass is 427 g/mol. The lowest BCUT2D eigenvalue weighted by molar-refractivity contribution is -0.127. The second kappa shape index (κ2) is 10.2. The fraction of sp³-hybridized carbons (Fsp3) is 0.304. The van der Waals surface area contributed by atoms with Gasteiger partial charge in [0.15, 0.2) is 0 Å². The summed E-state index contributed by atoms with van der Waals surface area (Å²) in [6.07, 6.45) is 3.33. The number of halogens is 1. The molecule has 0 radical (unpaired) electrons. The highest BCUT2D eigenvalue weighted by molar-refractivity contribution is 6.31. The summed E-state index contributed by atoms with van der Waals surface area (Å²) in [7, 11) is 0. The fourth-order valence-corrected chi connectivity index (χ4v) is 3.36. The van der Waals surface area contributed by atoms with E-state index in [1.807, 2.05) is 50.2 Å². The Kier molecular flexibility index (Phi) is 7.36. The van der Waals surface area contributed by atoms with Crippen molar-refractivity contribution in [3.8, 4) is 5.75 Å². The molecule has 1 heterocycles. The summed E-state index contributed by atoms with van der Waals surface area (Å²) in [6, 6.07) is 12.8. The predicted molar refractivity (Wildman–Crippen MR) is 120 cm³/mol. The van der Waals surface area contributed by atoms with Gasteiger partial charge in [-0.2, -0.15) is 0 Å². The number of anilines is 1. The number of amides is 3. The van der Waals surface area contributed by atoms with E-state index in [0.29, 0.717) is 43.5 Å². The Morgan fingerprint density at radius 1 is 1.10 bits per heavy atom. The average molecular weight is 428 g/mol. The standard InChI is InChI=1S/C23H26ClN3O3/c1-3-30-21-7-5-4-6-18(21)9-11-22(28)26-12-14-27(15-13-26)23(29)25-19-10-8-17(2)20(24)16-19/h4-11,16H,3,12-15H2,1-2H3,(H,25,29)/b11-9+. The third-order valence-electron chi connectivity index (χ3n) is 4.93. The van der Waals surface area contributed by atoms with Gasteiger partial charge >= 0.3 is 6.03 Å². The fourth-order valence-electron chi connectivity index (χ4n) is 3.17. The average Bonchev–Trinajstić information content (AvgIpc) is 2.76. The molecule has 1 N–H and O–H groups in total. The predicted octanol–water partition coefficient (Wildman–Crippen LogP) is 4.44. The number of rotatable bonds is 5. The minimum absolute atomic E-state index is 0.0772. The number of benzene rings is 2. The van der Waals surface area contributed by atoms with Gasteiger partial charge in [0.05, 0.1) is 6.61 Å². The molecule has 0 saturated carbocycles. The van der Waals surface area contributed by atoms with Crippen LogP contribution in [0, 0.1) is 6.92 Å². The van der Waals surface area contributed by atoms with E-state index < -0.39 is 0 Å². The third-order valence-corrected chi connectivity index (χ3v) is 5.33. The maximum absolute atomic E-state index is 12.5. The van der Waals surface area contributed by atoms with Crippen molar-refractivity contribution >= 4 is 35.3 Å². The maximum atomic E-state index is 12.5. The number of nitrogens with zero attached hydrogens (tertiary/aromatic N) is 2. The minimum Gasteiger partial charge on any atom is -0.493 e. The summed E-state index contributed by atoms with van der Waals surface area (Å²) in [5, 5.41) is 3.47. The normalized spacial score (nSPS) is 14.1. The van der Waals surface area contributed by atoms with Crippen LogP contribution in [0.5, 0.6) is 5.75 Å². The van der Waals surface area contributed by atoms with Crippen LogP contribution in [-0.4, -0.2) is 54.5 Å². The first kappa shape index (κ1) is 21.7. The van der Waals surface area contributed by atoms with E-state index in [1.54, 1.807) is 28.0 Å². The first-order chi connectivity index (χ1) is 14.5. The summed E-state index contributed by atoms with van der Waals surface area (Å²) in [5.74, 6) is 0.674. The molecule has 1 fully saturated rings. The summed E-state index contributed by atoms with van der Waals surface area (Å²) >= 11 is 6.11. The Morgan fingerprint density at radius 3 is 2.50 bits per heavy atom. The zero-order valence-corrected chi connectivity index (χ0v) is 18.0. The molecule has 3 amide bonds. The molecular formula is C23H26ClN3O3. The van der Waals surface area contributed by atoms with Crippen molar-refractivity contribution < 1.29 is 14.3 Å². The van der Waals surface area contributed by atoms with Gasteiger partial charge in [0.25, 0.3) is 0 Å². The van der Waals surface area contributed by atoms with Crippen molar-refractivity contribution in [3.05, 3.63) is 64.7 Å². The van der Waals surface area contributed by atoms with E-state index in [9.17, 15) is 9.59 Å². The zero-order valence-electron chi connectivity index (χ0n) is 17.2. The Bertz CT molecular complexity index is 937. The molecule has 1 aliphatic heterocycles. The van der Waals surface area contributed by atoms with Crippen LogP contribution in [0.1, 0.15) is 18.1 Å². The highest BCUT2D eigenvalue weighted by Crippen LogP contribution is 2.21. The molecule has 0 spiro atoms. The molecule has 0 atom stereocenters. The molecule has 3 rings (SSSR count). The number of aryl methyl sites for hydroxylation is 1. The second-order valence-electron chi connectivity index (χ2n) is 7.01. The van der Waals surface area contributed by atoms with E-state index >= 15 is 0 Å². The largest absolute Gasteiger partial charge is 0.493 e. The Morgan fingerprint density at radius 2 is 1.80 bits per heavy atom. The summed E-state index contributed by atoms with van der Waals surface area (Å²) in [4.78, 5) is 28.5.